The summed E-state index contributed by atoms with van der Waals surface area (Å²) in [6.45, 7) is 8.94. The van der Waals surface area contributed by atoms with E-state index in [2.05, 4.69) is 126 Å². The number of benzene rings is 3. The first-order chi connectivity index (χ1) is 16.3. The molecule has 0 saturated heterocycles. The fourth-order valence-electron chi connectivity index (χ4n) is 4.74. The monoisotopic (exact) mass is 514 g/mol. The lowest BCUT2D eigenvalue weighted by atomic mass is 9.95. The standard InChI is InChI=1S/C30H26S4/c1-17-27(19(3)33-29(17)23-9-13-25(31)14-10-23)21-5-7-22(8-6-21)28-18(2)30(34-20(28)4)24-11-15-26(32)16-12-24/h5-16,31-32H,1-4H3. The third-order valence-corrected chi connectivity index (χ3v) is 9.48. The first-order valence-corrected chi connectivity index (χ1v) is 13.8. The molecule has 2 heterocycles. The van der Waals surface area contributed by atoms with E-state index in [9.17, 15) is 0 Å². The van der Waals surface area contributed by atoms with Gasteiger partial charge in [-0.1, -0.05) is 48.5 Å². The van der Waals surface area contributed by atoms with Crippen LogP contribution in [-0.2, 0) is 0 Å². The topological polar surface area (TPSA) is 0 Å². The van der Waals surface area contributed by atoms with Gasteiger partial charge in [0.15, 0.2) is 0 Å². The van der Waals surface area contributed by atoms with Crippen molar-refractivity contribution in [3.63, 3.8) is 0 Å². The normalized spacial score (nSPS) is 11.2. The van der Waals surface area contributed by atoms with Gasteiger partial charge in [-0.25, -0.2) is 0 Å². The zero-order chi connectivity index (χ0) is 24.0. The number of aryl methyl sites for hydroxylation is 2. The van der Waals surface area contributed by atoms with Crippen LogP contribution >= 0.6 is 47.9 Å². The first-order valence-electron chi connectivity index (χ1n) is 11.2. The van der Waals surface area contributed by atoms with Crippen LogP contribution in [0.2, 0.25) is 0 Å². The van der Waals surface area contributed by atoms with Crippen molar-refractivity contribution >= 4 is 47.9 Å². The van der Waals surface area contributed by atoms with E-state index >= 15 is 0 Å². The SMILES string of the molecule is Cc1sc(-c2ccc(S)cc2)c(C)c1-c1ccc(-c2c(C)sc(-c3ccc(S)cc3)c2C)cc1. The van der Waals surface area contributed by atoms with Crippen molar-refractivity contribution in [1.29, 1.82) is 0 Å². The molecule has 5 rings (SSSR count). The maximum absolute atomic E-state index is 4.43. The molecule has 34 heavy (non-hydrogen) atoms. The van der Waals surface area contributed by atoms with Crippen molar-refractivity contribution in [1.82, 2.24) is 0 Å². The third kappa shape index (κ3) is 4.29. The van der Waals surface area contributed by atoms with Crippen molar-refractivity contribution in [3.05, 3.63) is 93.7 Å². The van der Waals surface area contributed by atoms with E-state index in [1.165, 1.54) is 64.0 Å². The van der Waals surface area contributed by atoms with Gasteiger partial charge in [0.05, 0.1) is 0 Å². The number of hydrogen-bond acceptors (Lipinski definition) is 4. The lowest BCUT2D eigenvalue weighted by molar-refractivity contribution is 1.44. The molecule has 0 bridgehead atoms. The van der Waals surface area contributed by atoms with E-state index in [1.54, 1.807) is 0 Å². The molecule has 0 radical (unpaired) electrons. The Morgan fingerprint density at radius 3 is 1.06 bits per heavy atom. The number of thiophene rings is 2. The Hall–Kier alpha value is -2.24. The Balaban J connectivity index is 1.51. The van der Waals surface area contributed by atoms with E-state index in [0.29, 0.717) is 0 Å². The van der Waals surface area contributed by atoms with Crippen LogP contribution in [0, 0.1) is 27.7 Å². The molecule has 0 unspecified atom stereocenters. The number of hydrogen-bond donors (Lipinski definition) is 2. The van der Waals surface area contributed by atoms with Crippen molar-refractivity contribution in [2.45, 2.75) is 37.5 Å². The van der Waals surface area contributed by atoms with Crippen LogP contribution in [0.5, 0.6) is 0 Å². The van der Waals surface area contributed by atoms with Gasteiger partial charge in [0, 0.05) is 29.3 Å². The lowest BCUT2D eigenvalue weighted by Crippen LogP contribution is -1.85. The summed E-state index contributed by atoms with van der Waals surface area (Å²) in [6, 6.07) is 26.0. The highest BCUT2D eigenvalue weighted by molar-refractivity contribution is 7.80. The molecule has 0 aliphatic carbocycles. The summed E-state index contributed by atoms with van der Waals surface area (Å²) in [4.78, 5) is 7.37. The van der Waals surface area contributed by atoms with Crippen LogP contribution in [-0.4, -0.2) is 0 Å². The Bertz CT molecular complexity index is 1350. The molecule has 0 spiro atoms. The van der Waals surface area contributed by atoms with Gasteiger partial charge in [-0.15, -0.1) is 47.9 Å². The highest BCUT2D eigenvalue weighted by atomic mass is 32.1. The maximum atomic E-state index is 4.43. The first kappa shape index (κ1) is 23.5. The second-order valence-corrected chi connectivity index (χ2v) is 12.1. The number of thiol groups is 2. The molecule has 0 atom stereocenters. The van der Waals surface area contributed by atoms with Gasteiger partial charge < -0.3 is 0 Å². The summed E-state index contributed by atoms with van der Waals surface area (Å²) >= 11 is 12.6. The predicted molar refractivity (Wildman–Crippen MR) is 157 cm³/mol. The smallest absolute Gasteiger partial charge is 0.0381 e. The van der Waals surface area contributed by atoms with Gasteiger partial charge in [-0.2, -0.15) is 0 Å². The molecule has 0 amide bonds. The molecule has 170 valence electrons. The Morgan fingerprint density at radius 1 is 0.441 bits per heavy atom. The van der Waals surface area contributed by atoms with Gasteiger partial charge >= 0.3 is 0 Å². The summed E-state index contributed by atoms with van der Waals surface area (Å²) in [5.74, 6) is 0. The molecule has 0 N–H and O–H groups in total. The van der Waals surface area contributed by atoms with Crippen molar-refractivity contribution in [2.24, 2.45) is 0 Å². The predicted octanol–water partition coefficient (Wildman–Crippen LogP) is 10.3. The van der Waals surface area contributed by atoms with Crippen molar-refractivity contribution in [3.8, 4) is 43.1 Å². The molecule has 2 aromatic heterocycles. The average molecular weight is 515 g/mol. The minimum absolute atomic E-state index is 0.992. The summed E-state index contributed by atoms with van der Waals surface area (Å²) in [5, 5.41) is 0. The quantitative estimate of drug-likeness (QED) is 0.219. The summed E-state index contributed by atoms with van der Waals surface area (Å²) in [7, 11) is 0. The largest absolute Gasteiger partial charge is 0.143 e. The number of rotatable bonds is 4. The fourth-order valence-corrected chi connectivity index (χ4v) is 7.41. The van der Waals surface area contributed by atoms with E-state index in [-0.39, 0.29) is 0 Å². The highest BCUT2D eigenvalue weighted by Crippen LogP contribution is 2.44. The van der Waals surface area contributed by atoms with Crippen LogP contribution in [0.15, 0.2) is 82.6 Å². The summed E-state index contributed by atoms with van der Waals surface area (Å²) in [5.41, 5.74) is 10.5. The fraction of sp³-hybridized carbons (Fsp3) is 0.133. The average Bonchev–Trinajstić information content (AvgIpc) is 3.29. The van der Waals surface area contributed by atoms with Crippen LogP contribution < -0.4 is 0 Å². The Labute approximate surface area is 221 Å². The van der Waals surface area contributed by atoms with Crippen LogP contribution in [0.25, 0.3) is 43.1 Å². The Morgan fingerprint density at radius 2 is 0.735 bits per heavy atom. The van der Waals surface area contributed by atoms with Crippen LogP contribution in [0.3, 0.4) is 0 Å². The van der Waals surface area contributed by atoms with Gasteiger partial charge in [0.2, 0.25) is 0 Å². The molecular formula is C30H26S4. The van der Waals surface area contributed by atoms with Crippen LogP contribution in [0.1, 0.15) is 20.9 Å². The molecule has 0 aliphatic heterocycles. The zero-order valence-electron chi connectivity index (χ0n) is 19.6. The summed E-state index contributed by atoms with van der Waals surface area (Å²) < 4.78 is 0. The molecule has 0 fully saturated rings. The van der Waals surface area contributed by atoms with E-state index in [0.717, 1.165) is 9.79 Å². The van der Waals surface area contributed by atoms with E-state index in [1.807, 2.05) is 22.7 Å². The minimum atomic E-state index is 0.992. The molecule has 5 aromatic rings. The molecule has 0 nitrogen and oxygen atoms in total. The highest BCUT2D eigenvalue weighted by Gasteiger charge is 2.18. The minimum Gasteiger partial charge on any atom is -0.143 e. The molecule has 0 saturated carbocycles. The van der Waals surface area contributed by atoms with Gasteiger partial charge in [-0.05, 0) is 96.5 Å². The Kier molecular flexibility index (Phi) is 6.51. The van der Waals surface area contributed by atoms with Gasteiger partial charge in [-0.3, -0.25) is 0 Å². The van der Waals surface area contributed by atoms with Gasteiger partial charge in [0.25, 0.3) is 0 Å². The van der Waals surface area contributed by atoms with Crippen molar-refractivity contribution < 1.29 is 0 Å². The second kappa shape index (κ2) is 9.43. The molecule has 0 aliphatic rings. The molecular weight excluding hydrogens is 489 g/mol. The summed E-state index contributed by atoms with van der Waals surface area (Å²) in [6.07, 6.45) is 0. The maximum Gasteiger partial charge on any atom is 0.0381 e. The second-order valence-electron chi connectivity index (χ2n) is 8.65. The van der Waals surface area contributed by atoms with Gasteiger partial charge in [0.1, 0.15) is 0 Å². The van der Waals surface area contributed by atoms with E-state index in [4.69, 9.17) is 0 Å². The van der Waals surface area contributed by atoms with Crippen LogP contribution in [0.4, 0.5) is 0 Å². The molecule has 4 heteroatoms. The third-order valence-electron chi connectivity index (χ3n) is 6.37. The van der Waals surface area contributed by atoms with E-state index < -0.39 is 0 Å². The zero-order valence-corrected chi connectivity index (χ0v) is 23.1. The van der Waals surface area contributed by atoms with Crippen molar-refractivity contribution in [2.75, 3.05) is 0 Å². The molecule has 3 aromatic carbocycles. The lowest BCUT2D eigenvalue weighted by Gasteiger charge is -2.08.